The zero-order valence-electron chi connectivity index (χ0n) is 16.8. The average molecular weight is 412 g/mol. The van der Waals surface area contributed by atoms with Crippen molar-refractivity contribution in [3.8, 4) is 17.6 Å². The highest BCUT2D eigenvalue weighted by atomic mass is 32.2. The van der Waals surface area contributed by atoms with Gasteiger partial charge in [0.25, 0.3) is 0 Å². The lowest BCUT2D eigenvalue weighted by Gasteiger charge is -2.15. The molecule has 1 aromatic heterocycles. The summed E-state index contributed by atoms with van der Waals surface area (Å²) in [5, 5.41) is 13.0. The summed E-state index contributed by atoms with van der Waals surface area (Å²) in [6, 6.07) is 9.40. The van der Waals surface area contributed by atoms with E-state index in [0.717, 1.165) is 31.4 Å². The normalized spacial score (nSPS) is 13.4. The van der Waals surface area contributed by atoms with Crippen molar-refractivity contribution in [3.63, 3.8) is 0 Å². The van der Waals surface area contributed by atoms with Gasteiger partial charge in [-0.15, -0.1) is 0 Å². The quantitative estimate of drug-likeness (QED) is 0.711. The molecular weight excluding hydrogens is 386 g/mol. The van der Waals surface area contributed by atoms with E-state index in [1.807, 2.05) is 6.07 Å². The number of aromatic nitrogens is 1. The first-order chi connectivity index (χ1) is 14.1. The molecule has 1 N–H and O–H groups in total. The molecule has 2 aromatic rings. The summed E-state index contributed by atoms with van der Waals surface area (Å²) in [4.78, 5) is 17.2. The third-order valence-electron chi connectivity index (χ3n) is 4.86. The molecule has 1 heterocycles. The number of benzene rings is 1. The largest absolute Gasteiger partial charge is 0.497 e. The first-order valence-corrected chi connectivity index (χ1v) is 10.7. The van der Waals surface area contributed by atoms with Crippen molar-refractivity contribution in [3.05, 3.63) is 41.1 Å². The summed E-state index contributed by atoms with van der Waals surface area (Å²) in [6.45, 7) is 0. The Balaban J connectivity index is 1.70. The van der Waals surface area contributed by atoms with Gasteiger partial charge in [0.15, 0.2) is 0 Å². The highest BCUT2D eigenvalue weighted by molar-refractivity contribution is 8.00. The number of thioether (sulfide) groups is 1. The predicted octanol–water partition coefficient (Wildman–Crippen LogP) is 4.36. The van der Waals surface area contributed by atoms with E-state index in [4.69, 9.17) is 14.5 Å². The van der Waals surface area contributed by atoms with Crippen LogP contribution in [0, 0.1) is 11.3 Å². The number of aryl methyl sites for hydroxylation is 2. The molecule has 6 nitrogen and oxygen atoms in total. The summed E-state index contributed by atoms with van der Waals surface area (Å²) < 4.78 is 10.5. The molecule has 1 amide bonds. The molecule has 0 saturated heterocycles. The number of carbonyl (C=O) groups excluding carboxylic acids is 1. The molecule has 0 fully saturated rings. The number of carbonyl (C=O) groups is 1. The molecule has 0 bridgehead atoms. The maximum atomic E-state index is 12.4. The predicted molar refractivity (Wildman–Crippen MR) is 114 cm³/mol. The van der Waals surface area contributed by atoms with Crippen LogP contribution in [0.25, 0.3) is 0 Å². The number of nitriles is 1. The number of methoxy groups -OCH3 is 2. The number of ether oxygens (including phenoxy) is 2. The van der Waals surface area contributed by atoms with Crippen molar-refractivity contribution in [2.45, 2.75) is 43.6 Å². The Bertz CT molecular complexity index is 902. The number of hydrogen-bond acceptors (Lipinski definition) is 6. The highest BCUT2D eigenvalue weighted by Gasteiger charge is 2.15. The van der Waals surface area contributed by atoms with Crippen molar-refractivity contribution in [2.75, 3.05) is 25.3 Å². The van der Waals surface area contributed by atoms with Crippen molar-refractivity contribution in [1.29, 1.82) is 5.26 Å². The van der Waals surface area contributed by atoms with E-state index < -0.39 is 0 Å². The topological polar surface area (TPSA) is 84.2 Å². The molecule has 152 valence electrons. The van der Waals surface area contributed by atoms with Crippen LogP contribution in [0.4, 0.5) is 5.69 Å². The van der Waals surface area contributed by atoms with Gasteiger partial charge in [0.2, 0.25) is 5.91 Å². The fourth-order valence-electron chi connectivity index (χ4n) is 3.37. The monoisotopic (exact) mass is 411 g/mol. The molecule has 3 rings (SSSR count). The molecule has 7 heteroatoms. The van der Waals surface area contributed by atoms with E-state index in [0.29, 0.717) is 27.8 Å². The fraction of sp³-hybridized carbons (Fsp3) is 0.409. The van der Waals surface area contributed by atoms with Crippen LogP contribution in [-0.2, 0) is 17.6 Å². The Morgan fingerprint density at radius 1 is 1.10 bits per heavy atom. The van der Waals surface area contributed by atoms with Crippen molar-refractivity contribution >= 4 is 23.4 Å². The first-order valence-electron chi connectivity index (χ1n) is 9.71. The summed E-state index contributed by atoms with van der Waals surface area (Å²) in [5.74, 6) is 1.19. The van der Waals surface area contributed by atoms with Gasteiger partial charge in [0.1, 0.15) is 22.6 Å². The maximum absolute atomic E-state index is 12.4. The van der Waals surface area contributed by atoms with Crippen LogP contribution in [0.3, 0.4) is 0 Å². The van der Waals surface area contributed by atoms with E-state index in [1.54, 1.807) is 32.4 Å². The Morgan fingerprint density at radius 2 is 1.79 bits per heavy atom. The molecule has 0 radical (unpaired) electrons. The van der Waals surface area contributed by atoms with Crippen LogP contribution >= 0.6 is 11.8 Å². The van der Waals surface area contributed by atoms with Gasteiger partial charge in [-0.05, 0) is 37.3 Å². The number of anilines is 1. The number of nitrogens with zero attached hydrogens (tertiary/aromatic N) is 2. The van der Waals surface area contributed by atoms with Crippen LogP contribution in [0.5, 0.6) is 11.5 Å². The van der Waals surface area contributed by atoms with Crippen molar-refractivity contribution in [1.82, 2.24) is 4.98 Å². The van der Waals surface area contributed by atoms with E-state index in [2.05, 4.69) is 11.4 Å². The molecule has 0 atom stereocenters. The Hall–Kier alpha value is -2.72. The van der Waals surface area contributed by atoms with Gasteiger partial charge in [-0.25, -0.2) is 4.98 Å². The lowest BCUT2D eigenvalue weighted by molar-refractivity contribution is -0.113. The van der Waals surface area contributed by atoms with Crippen LogP contribution in [-0.4, -0.2) is 30.9 Å². The molecule has 1 aliphatic rings. The molecule has 1 aliphatic carbocycles. The van der Waals surface area contributed by atoms with Crippen LogP contribution in [0.2, 0.25) is 0 Å². The number of rotatable bonds is 6. The molecule has 0 unspecified atom stereocenters. The molecular formula is C22H25N3O3S. The number of fused-ring (bicyclic) bond motifs is 1. The zero-order valence-corrected chi connectivity index (χ0v) is 17.6. The lowest BCUT2D eigenvalue weighted by atomic mass is 9.96. The second-order valence-corrected chi connectivity index (χ2v) is 7.88. The molecule has 0 saturated carbocycles. The minimum atomic E-state index is -0.178. The summed E-state index contributed by atoms with van der Waals surface area (Å²) >= 11 is 1.30. The van der Waals surface area contributed by atoms with Crippen LogP contribution in [0.1, 0.15) is 42.5 Å². The number of pyridine rings is 1. The minimum Gasteiger partial charge on any atom is -0.497 e. The van der Waals surface area contributed by atoms with Gasteiger partial charge < -0.3 is 14.8 Å². The van der Waals surface area contributed by atoms with Gasteiger partial charge in [-0.1, -0.05) is 24.6 Å². The maximum Gasteiger partial charge on any atom is 0.234 e. The molecule has 1 aromatic carbocycles. The number of amides is 1. The lowest BCUT2D eigenvalue weighted by Crippen LogP contribution is -2.15. The molecule has 0 spiro atoms. The second kappa shape index (κ2) is 10.2. The van der Waals surface area contributed by atoms with E-state index in [1.165, 1.54) is 30.2 Å². The standard InChI is InChI=1S/C22H25N3O3S/c1-27-18-10-17(11-19(12-18)28-2)24-21(26)14-29-22-16(13-23)9-15-7-5-3-4-6-8-20(15)25-22/h9-12H,3-8,14H2,1-2H3,(H,24,26). The number of hydrogen-bond donors (Lipinski definition) is 1. The average Bonchev–Trinajstić information content (AvgIpc) is 2.72. The molecule has 29 heavy (non-hydrogen) atoms. The van der Waals surface area contributed by atoms with E-state index >= 15 is 0 Å². The fourth-order valence-corrected chi connectivity index (χ4v) is 4.14. The van der Waals surface area contributed by atoms with Gasteiger partial charge in [-0.2, -0.15) is 5.26 Å². The van der Waals surface area contributed by atoms with Crippen LogP contribution < -0.4 is 14.8 Å². The third kappa shape index (κ3) is 5.64. The van der Waals surface area contributed by atoms with Crippen molar-refractivity contribution < 1.29 is 14.3 Å². The Labute approximate surface area is 175 Å². The third-order valence-corrected chi connectivity index (χ3v) is 5.85. The van der Waals surface area contributed by atoms with Gasteiger partial charge in [-0.3, -0.25) is 4.79 Å². The van der Waals surface area contributed by atoms with Gasteiger partial charge in [0, 0.05) is 29.6 Å². The zero-order chi connectivity index (χ0) is 20.6. The number of nitrogens with one attached hydrogen (secondary N) is 1. The molecule has 0 aliphatic heterocycles. The highest BCUT2D eigenvalue weighted by Crippen LogP contribution is 2.28. The summed E-state index contributed by atoms with van der Waals surface area (Å²) in [7, 11) is 3.12. The smallest absolute Gasteiger partial charge is 0.234 e. The van der Waals surface area contributed by atoms with Gasteiger partial charge >= 0.3 is 0 Å². The summed E-state index contributed by atoms with van der Waals surface area (Å²) in [6.07, 6.45) is 6.61. The SMILES string of the molecule is COc1cc(NC(=O)CSc2nc3c(cc2C#N)CCCCCC3)cc(OC)c1. The van der Waals surface area contributed by atoms with Crippen molar-refractivity contribution in [2.24, 2.45) is 0 Å². The minimum absolute atomic E-state index is 0.167. The Kier molecular flexibility index (Phi) is 7.36. The van der Waals surface area contributed by atoms with Crippen LogP contribution in [0.15, 0.2) is 29.3 Å². The Morgan fingerprint density at radius 3 is 2.45 bits per heavy atom. The first kappa shape index (κ1) is 21.0. The second-order valence-electron chi connectivity index (χ2n) is 6.91. The van der Waals surface area contributed by atoms with Gasteiger partial charge in [0.05, 0.1) is 25.5 Å². The van der Waals surface area contributed by atoms with E-state index in [9.17, 15) is 10.1 Å². The van der Waals surface area contributed by atoms with E-state index in [-0.39, 0.29) is 11.7 Å². The summed E-state index contributed by atoms with van der Waals surface area (Å²) in [5.41, 5.74) is 3.39.